The number of rotatable bonds is 6. The van der Waals surface area contributed by atoms with Crippen LogP contribution in [0.15, 0.2) is 0 Å². The SMILES string of the molecule is CC(C)N(C(=O)[C]1[CH][CH][CH][C]1[Se]CC1CCC(=O)O1)C(C)C. The molecule has 5 heteroatoms. The van der Waals surface area contributed by atoms with Crippen molar-refractivity contribution in [3.05, 3.63) is 30.0 Å². The summed E-state index contributed by atoms with van der Waals surface area (Å²) in [6, 6.07) is 0.358. The normalized spacial score (nSPS) is 23.5. The van der Waals surface area contributed by atoms with Crippen molar-refractivity contribution in [2.45, 2.75) is 64.0 Å². The molecule has 4 nitrogen and oxygen atoms in total. The van der Waals surface area contributed by atoms with Crippen LogP contribution in [0.2, 0.25) is 5.32 Å². The molecule has 0 aromatic rings. The fourth-order valence-electron chi connectivity index (χ4n) is 2.79. The number of ether oxygens (including phenoxy) is 1. The fraction of sp³-hybridized carbons (Fsp3) is 0.588. The molecule has 5 radical (unpaired) electrons. The molecule has 1 unspecified atom stereocenters. The minimum absolute atomic E-state index is 0.0386. The first-order chi connectivity index (χ1) is 10.4. The first-order valence-corrected chi connectivity index (χ1v) is 9.87. The molecule has 2 rings (SSSR count). The molecule has 1 atom stereocenters. The zero-order chi connectivity index (χ0) is 16.3. The van der Waals surface area contributed by atoms with Gasteiger partial charge in [-0.2, -0.15) is 0 Å². The molecular formula is C17H24NO3Se. The Morgan fingerprint density at radius 1 is 1.32 bits per heavy atom. The van der Waals surface area contributed by atoms with E-state index in [1.54, 1.807) is 0 Å². The van der Waals surface area contributed by atoms with Crippen molar-refractivity contribution in [3.63, 3.8) is 0 Å². The van der Waals surface area contributed by atoms with Crippen molar-refractivity contribution in [1.82, 2.24) is 4.90 Å². The van der Waals surface area contributed by atoms with Crippen LogP contribution < -0.4 is 0 Å². The van der Waals surface area contributed by atoms with Crippen molar-refractivity contribution >= 4 is 26.8 Å². The molecule has 0 N–H and O–H groups in total. The van der Waals surface area contributed by atoms with Gasteiger partial charge in [-0.15, -0.1) is 0 Å². The summed E-state index contributed by atoms with van der Waals surface area (Å²) in [4.78, 5) is 27.0. The van der Waals surface area contributed by atoms with E-state index in [4.69, 9.17) is 4.74 Å². The molecule has 1 aliphatic heterocycles. The van der Waals surface area contributed by atoms with E-state index in [1.165, 1.54) is 0 Å². The summed E-state index contributed by atoms with van der Waals surface area (Å²) < 4.78 is 5.27. The van der Waals surface area contributed by atoms with Gasteiger partial charge in [-0.3, -0.25) is 0 Å². The van der Waals surface area contributed by atoms with E-state index in [9.17, 15) is 9.59 Å². The third kappa shape index (κ3) is 4.26. The van der Waals surface area contributed by atoms with E-state index in [0.717, 1.165) is 22.5 Å². The van der Waals surface area contributed by atoms with Gasteiger partial charge in [0, 0.05) is 0 Å². The zero-order valence-corrected chi connectivity index (χ0v) is 15.4. The second-order valence-electron chi connectivity index (χ2n) is 6.17. The minimum atomic E-state index is -0.0922. The third-order valence-electron chi connectivity index (χ3n) is 3.75. The number of carbonyl (C=O) groups excluding carboxylic acids is 2. The number of esters is 1. The summed E-state index contributed by atoms with van der Waals surface area (Å²) in [5.41, 5.74) is 0. The number of cyclic esters (lactones) is 1. The first-order valence-electron chi connectivity index (χ1n) is 7.80. The van der Waals surface area contributed by atoms with Gasteiger partial charge in [0.05, 0.1) is 0 Å². The molecule has 1 amide bonds. The Bertz CT molecular complexity index is 403. The van der Waals surface area contributed by atoms with E-state index in [2.05, 4.69) is 0 Å². The predicted octanol–water partition coefficient (Wildman–Crippen LogP) is 2.19. The summed E-state index contributed by atoms with van der Waals surface area (Å²) in [7, 11) is 0. The van der Waals surface area contributed by atoms with Crippen molar-refractivity contribution < 1.29 is 14.3 Å². The van der Waals surface area contributed by atoms with E-state index in [1.807, 2.05) is 51.9 Å². The standard InChI is InChI=1S/C17H24NO3Se/c1-11(2)18(12(3)4)17(20)14-6-5-7-15(14)22-10-13-8-9-16(19)21-13/h5-7,11-13H,8-10H2,1-4H3. The summed E-state index contributed by atoms with van der Waals surface area (Å²) >= 11 is 0.156. The Hall–Kier alpha value is -0.541. The monoisotopic (exact) mass is 370 g/mol. The molecule has 121 valence electrons. The summed E-state index contributed by atoms with van der Waals surface area (Å²) in [6.45, 7) is 8.18. The van der Waals surface area contributed by atoms with Crippen LogP contribution in [0.1, 0.15) is 40.5 Å². The Morgan fingerprint density at radius 2 is 2.00 bits per heavy atom. The second-order valence-corrected chi connectivity index (χ2v) is 8.39. The van der Waals surface area contributed by atoms with Gasteiger partial charge in [0.2, 0.25) is 0 Å². The van der Waals surface area contributed by atoms with Crippen LogP contribution in [0, 0.1) is 30.0 Å². The Balaban J connectivity index is 1.91. The quantitative estimate of drug-likeness (QED) is 0.533. The Labute approximate surface area is 140 Å². The predicted molar refractivity (Wildman–Crippen MR) is 86.2 cm³/mol. The number of nitrogens with zero attached hydrogens (tertiary/aromatic N) is 1. The molecule has 1 saturated carbocycles. The van der Waals surface area contributed by atoms with Gasteiger partial charge in [0.15, 0.2) is 0 Å². The van der Waals surface area contributed by atoms with Crippen LogP contribution in [0.4, 0.5) is 0 Å². The van der Waals surface area contributed by atoms with E-state index in [-0.39, 0.29) is 45.0 Å². The van der Waals surface area contributed by atoms with Crippen molar-refractivity contribution in [2.75, 3.05) is 0 Å². The van der Waals surface area contributed by atoms with Crippen LogP contribution in [-0.4, -0.2) is 49.9 Å². The van der Waals surface area contributed by atoms with Gasteiger partial charge in [-0.1, -0.05) is 0 Å². The average Bonchev–Trinajstić information content (AvgIpc) is 3.03. The molecule has 1 aliphatic carbocycles. The molecule has 2 fully saturated rings. The van der Waals surface area contributed by atoms with E-state index in [0.29, 0.717) is 6.42 Å². The van der Waals surface area contributed by atoms with Crippen LogP contribution in [0.3, 0.4) is 0 Å². The molecule has 22 heavy (non-hydrogen) atoms. The van der Waals surface area contributed by atoms with Gasteiger partial charge >= 0.3 is 140 Å². The van der Waals surface area contributed by atoms with Gasteiger partial charge < -0.3 is 0 Å². The molecule has 2 aliphatic rings. The number of amides is 1. The van der Waals surface area contributed by atoms with Crippen LogP contribution >= 0.6 is 0 Å². The maximum atomic E-state index is 12.8. The summed E-state index contributed by atoms with van der Waals surface area (Å²) in [6.07, 6.45) is 7.28. The van der Waals surface area contributed by atoms with E-state index >= 15 is 0 Å². The molecular weight excluding hydrogens is 345 g/mol. The first kappa shape index (κ1) is 17.8. The van der Waals surface area contributed by atoms with Crippen molar-refractivity contribution in [3.8, 4) is 0 Å². The Morgan fingerprint density at radius 3 is 2.55 bits per heavy atom. The van der Waals surface area contributed by atoms with Gasteiger partial charge in [0.1, 0.15) is 0 Å². The Kier molecular flexibility index (Phi) is 6.34. The molecule has 0 aromatic carbocycles. The van der Waals surface area contributed by atoms with Gasteiger partial charge in [0.25, 0.3) is 0 Å². The average molecular weight is 369 g/mol. The number of carbonyl (C=O) groups is 2. The number of hydrogen-bond donors (Lipinski definition) is 0. The van der Waals surface area contributed by atoms with Crippen LogP contribution in [0.25, 0.3) is 0 Å². The molecule has 0 bridgehead atoms. The second kappa shape index (κ2) is 7.83. The van der Waals surface area contributed by atoms with Crippen molar-refractivity contribution in [1.29, 1.82) is 0 Å². The third-order valence-corrected chi connectivity index (χ3v) is 6.28. The van der Waals surface area contributed by atoms with Crippen LogP contribution in [-0.2, 0) is 14.3 Å². The molecule has 1 saturated heterocycles. The van der Waals surface area contributed by atoms with E-state index < -0.39 is 0 Å². The molecule has 0 spiro atoms. The molecule has 0 aromatic heterocycles. The molecule has 1 heterocycles. The van der Waals surface area contributed by atoms with Gasteiger partial charge in [-0.25, -0.2) is 0 Å². The van der Waals surface area contributed by atoms with Crippen LogP contribution in [0.5, 0.6) is 0 Å². The zero-order valence-electron chi connectivity index (χ0n) is 13.7. The topological polar surface area (TPSA) is 46.6 Å². The fourth-order valence-corrected chi connectivity index (χ4v) is 5.07. The summed E-state index contributed by atoms with van der Waals surface area (Å²) in [5, 5.41) is 0.854. The number of hydrogen-bond acceptors (Lipinski definition) is 3. The van der Waals surface area contributed by atoms with Gasteiger partial charge in [-0.05, 0) is 0 Å². The summed E-state index contributed by atoms with van der Waals surface area (Å²) in [5.74, 6) is 0.826. The van der Waals surface area contributed by atoms with Crippen molar-refractivity contribution in [2.24, 2.45) is 0 Å². The maximum absolute atomic E-state index is 12.8.